The maximum Gasteiger partial charge on any atom is 0.267 e. The van der Waals surface area contributed by atoms with Crippen LogP contribution >= 0.6 is 0 Å². The van der Waals surface area contributed by atoms with Crippen LogP contribution in [0.3, 0.4) is 0 Å². The lowest BCUT2D eigenvalue weighted by atomic mass is 9.99. The van der Waals surface area contributed by atoms with Crippen LogP contribution in [0.25, 0.3) is 33.3 Å². The summed E-state index contributed by atoms with van der Waals surface area (Å²) >= 11 is 0. The zero-order chi connectivity index (χ0) is 23.8. The van der Waals surface area contributed by atoms with Gasteiger partial charge in [-0.05, 0) is 66.9 Å². The van der Waals surface area contributed by atoms with Crippen LogP contribution in [0.5, 0.6) is 0 Å². The third-order valence-corrected chi connectivity index (χ3v) is 6.47. The van der Waals surface area contributed by atoms with E-state index in [2.05, 4.69) is 15.7 Å². The highest BCUT2D eigenvalue weighted by Gasteiger charge is 2.23. The Hall–Kier alpha value is -3.96. The summed E-state index contributed by atoms with van der Waals surface area (Å²) in [6.45, 7) is 2.48. The molecule has 34 heavy (non-hydrogen) atoms. The van der Waals surface area contributed by atoms with Gasteiger partial charge in [0.2, 0.25) is 0 Å². The number of carbonyl (C=O) groups is 1. The summed E-state index contributed by atoms with van der Waals surface area (Å²) in [7, 11) is 3.72. The quantitative estimate of drug-likeness (QED) is 0.480. The van der Waals surface area contributed by atoms with E-state index in [0.717, 1.165) is 47.2 Å². The van der Waals surface area contributed by atoms with Crippen LogP contribution < -0.4 is 10.6 Å². The van der Waals surface area contributed by atoms with Crippen molar-refractivity contribution in [2.24, 2.45) is 20.0 Å². The van der Waals surface area contributed by atoms with Gasteiger partial charge in [0, 0.05) is 37.8 Å². The Morgan fingerprint density at radius 3 is 2.79 bits per heavy atom. The van der Waals surface area contributed by atoms with Crippen molar-refractivity contribution < 1.29 is 9.18 Å². The Balaban J connectivity index is 1.60. The monoisotopic (exact) mass is 456 g/mol. The van der Waals surface area contributed by atoms with Crippen molar-refractivity contribution in [3.63, 3.8) is 0 Å². The molecule has 0 spiro atoms. The van der Waals surface area contributed by atoms with Gasteiger partial charge in [-0.2, -0.15) is 10.4 Å². The normalized spacial score (nSPS) is 15.5. The summed E-state index contributed by atoms with van der Waals surface area (Å²) in [6, 6.07) is 14.1. The molecule has 2 aromatic carbocycles. The van der Waals surface area contributed by atoms with Crippen LogP contribution in [0.2, 0.25) is 0 Å². The van der Waals surface area contributed by atoms with Crippen LogP contribution in [-0.4, -0.2) is 39.9 Å². The first kappa shape index (κ1) is 21.9. The second kappa shape index (κ2) is 8.76. The molecule has 4 aromatic rings. The zero-order valence-corrected chi connectivity index (χ0v) is 19.1. The van der Waals surface area contributed by atoms with Crippen molar-refractivity contribution in [2.45, 2.75) is 6.42 Å². The highest BCUT2D eigenvalue weighted by atomic mass is 19.1. The van der Waals surface area contributed by atoms with E-state index in [9.17, 15) is 9.18 Å². The van der Waals surface area contributed by atoms with Crippen LogP contribution in [0.1, 0.15) is 22.5 Å². The van der Waals surface area contributed by atoms with Gasteiger partial charge < -0.3 is 15.2 Å². The van der Waals surface area contributed by atoms with Crippen LogP contribution in [0.4, 0.5) is 4.39 Å². The number of nitrogens with one attached hydrogen (secondary N) is 2. The first-order valence-electron chi connectivity index (χ1n) is 11.3. The zero-order valence-electron chi connectivity index (χ0n) is 19.1. The number of hydrogen-bond acceptors (Lipinski definition) is 4. The van der Waals surface area contributed by atoms with Gasteiger partial charge in [0.15, 0.2) is 0 Å². The fraction of sp³-hybridized carbons (Fsp3) is 0.269. The van der Waals surface area contributed by atoms with Gasteiger partial charge in [-0.25, -0.2) is 4.39 Å². The molecule has 2 N–H and O–H groups in total. The number of nitrogens with zero attached hydrogens (tertiary/aromatic N) is 4. The highest BCUT2D eigenvalue weighted by Crippen LogP contribution is 2.36. The number of benzene rings is 2. The molecule has 3 heterocycles. The lowest BCUT2D eigenvalue weighted by Crippen LogP contribution is -2.31. The molecule has 8 heteroatoms. The maximum absolute atomic E-state index is 14.5. The van der Waals surface area contributed by atoms with Crippen molar-refractivity contribution in [1.29, 1.82) is 5.26 Å². The van der Waals surface area contributed by atoms with E-state index < -0.39 is 5.82 Å². The second-order valence-electron chi connectivity index (χ2n) is 8.80. The van der Waals surface area contributed by atoms with Crippen LogP contribution in [-0.2, 0) is 14.1 Å². The van der Waals surface area contributed by atoms with E-state index in [0.29, 0.717) is 23.7 Å². The number of fused-ring (bicyclic) bond motifs is 1. The third-order valence-electron chi connectivity index (χ3n) is 6.47. The molecule has 0 radical (unpaired) electrons. The number of halogens is 1. The van der Waals surface area contributed by atoms with Gasteiger partial charge in [0.25, 0.3) is 5.91 Å². The second-order valence-corrected chi connectivity index (χ2v) is 8.80. The standard InChI is InChI=1S/C26H25FN6O/c1-32-15-20-9-18(5-6-23(20)31-32)25-21(17-3-4-19(12-28)22(27)10-17)11-24(33(25)2)26(34)30-14-16-7-8-29-13-16/h3-6,9-11,15-16,29H,7-8,13-14H2,1-2H3,(H,30,34)/t16-/m0/s1. The lowest BCUT2D eigenvalue weighted by molar-refractivity contribution is 0.0940. The van der Waals surface area contributed by atoms with Gasteiger partial charge >= 0.3 is 0 Å². The summed E-state index contributed by atoms with van der Waals surface area (Å²) in [5, 5.41) is 20.9. The minimum absolute atomic E-state index is 0.0128. The minimum Gasteiger partial charge on any atom is -0.350 e. The molecule has 2 aromatic heterocycles. The molecular weight excluding hydrogens is 431 g/mol. The van der Waals surface area contributed by atoms with Crippen LogP contribution in [0, 0.1) is 23.1 Å². The van der Waals surface area contributed by atoms with Crippen molar-refractivity contribution in [2.75, 3.05) is 19.6 Å². The number of aryl methyl sites for hydroxylation is 1. The van der Waals surface area contributed by atoms with Crippen molar-refractivity contribution in [3.05, 3.63) is 65.7 Å². The molecule has 0 unspecified atom stereocenters. The molecule has 0 saturated carbocycles. The Labute approximate surface area is 196 Å². The molecule has 0 aliphatic carbocycles. The molecular formula is C26H25FN6O. The number of carbonyl (C=O) groups excluding carboxylic acids is 1. The highest BCUT2D eigenvalue weighted by molar-refractivity contribution is 5.98. The number of amides is 1. The Morgan fingerprint density at radius 1 is 1.24 bits per heavy atom. The van der Waals surface area contributed by atoms with E-state index in [1.165, 1.54) is 12.1 Å². The van der Waals surface area contributed by atoms with Crippen molar-refractivity contribution in [3.8, 4) is 28.5 Å². The van der Waals surface area contributed by atoms with Gasteiger partial charge in [-0.3, -0.25) is 9.48 Å². The Bertz CT molecular complexity index is 1440. The maximum atomic E-state index is 14.5. The van der Waals surface area contributed by atoms with Crippen molar-refractivity contribution >= 4 is 16.8 Å². The fourth-order valence-electron chi connectivity index (χ4n) is 4.68. The molecule has 5 rings (SSSR count). The topological polar surface area (TPSA) is 87.7 Å². The first-order chi connectivity index (χ1) is 16.4. The molecule has 0 bridgehead atoms. The Kier molecular flexibility index (Phi) is 5.64. The molecule has 7 nitrogen and oxygen atoms in total. The first-order valence-corrected chi connectivity index (χ1v) is 11.3. The molecule has 1 amide bonds. The molecule has 1 fully saturated rings. The Morgan fingerprint density at radius 2 is 2.06 bits per heavy atom. The average Bonchev–Trinajstić information content (AvgIpc) is 3.55. The third kappa shape index (κ3) is 3.95. The summed E-state index contributed by atoms with van der Waals surface area (Å²) in [5.74, 6) is -0.334. The van der Waals surface area contributed by atoms with E-state index in [4.69, 9.17) is 5.26 Å². The van der Waals surface area contributed by atoms with Gasteiger partial charge in [-0.15, -0.1) is 0 Å². The van der Waals surface area contributed by atoms with E-state index in [-0.39, 0.29) is 11.5 Å². The predicted molar refractivity (Wildman–Crippen MR) is 129 cm³/mol. The largest absolute Gasteiger partial charge is 0.350 e. The molecule has 172 valence electrons. The SMILES string of the molecule is Cn1cc2cc(-c3c(-c4ccc(C#N)c(F)c4)cc(C(=O)NC[C@H]4CCNC4)n3C)ccc2n1. The summed E-state index contributed by atoms with van der Waals surface area (Å²) in [5.41, 5.74) is 4.36. The smallest absolute Gasteiger partial charge is 0.267 e. The van der Waals surface area contributed by atoms with Crippen molar-refractivity contribution in [1.82, 2.24) is 25.0 Å². The summed E-state index contributed by atoms with van der Waals surface area (Å²) in [6.07, 6.45) is 2.98. The summed E-state index contributed by atoms with van der Waals surface area (Å²) in [4.78, 5) is 13.2. The number of aromatic nitrogens is 3. The molecule has 1 saturated heterocycles. The van der Waals surface area contributed by atoms with Gasteiger partial charge in [0.1, 0.15) is 17.6 Å². The number of hydrogen-bond donors (Lipinski definition) is 2. The molecule has 1 atom stereocenters. The van der Waals surface area contributed by atoms with E-state index in [1.54, 1.807) is 16.8 Å². The number of nitriles is 1. The summed E-state index contributed by atoms with van der Waals surface area (Å²) < 4.78 is 18.1. The van der Waals surface area contributed by atoms with E-state index in [1.807, 2.05) is 49.1 Å². The average molecular weight is 457 g/mol. The fourth-order valence-corrected chi connectivity index (χ4v) is 4.68. The molecule has 1 aliphatic rings. The minimum atomic E-state index is -0.586. The number of rotatable bonds is 5. The van der Waals surface area contributed by atoms with Gasteiger partial charge in [-0.1, -0.05) is 12.1 Å². The van der Waals surface area contributed by atoms with Gasteiger partial charge in [0.05, 0.1) is 16.8 Å². The predicted octanol–water partition coefficient (Wildman–Crippen LogP) is 3.60. The van der Waals surface area contributed by atoms with Crippen LogP contribution in [0.15, 0.2) is 48.7 Å². The van der Waals surface area contributed by atoms with E-state index >= 15 is 0 Å². The lowest BCUT2D eigenvalue weighted by Gasteiger charge is -2.12. The molecule has 1 aliphatic heterocycles.